The first-order chi connectivity index (χ1) is 11.8. The van der Waals surface area contributed by atoms with Gasteiger partial charge in [0.05, 0.1) is 5.69 Å². The monoisotopic (exact) mass is 348 g/mol. The zero-order chi connectivity index (χ0) is 18.0. The maximum Gasteiger partial charge on any atom is 0.270 e. The predicted octanol–water partition coefficient (Wildman–Crippen LogP) is 3.43. The molecule has 1 aliphatic heterocycles. The largest absolute Gasteiger partial charge is 0.507 e. The van der Waals surface area contributed by atoms with Crippen LogP contribution in [0.1, 0.15) is 30.9 Å². The van der Waals surface area contributed by atoms with E-state index in [4.69, 9.17) is 0 Å². The Balaban J connectivity index is 1.83. The molecule has 1 aliphatic rings. The molecule has 0 radical (unpaired) electrons. The molecule has 1 aromatic heterocycles. The molecule has 0 aliphatic carbocycles. The van der Waals surface area contributed by atoms with Crippen LogP contribution in [-0.4, -0.2) is 34.4 Å². The number of hydrogen-bond donors (Lipinski definition) is 3. The summed E-state index contributed by atoms with van der Waals surface area (Å²) in [7, 11) is 0. The van der Waals surface area contributed by atoms with Crippen LogP contribution in [0.4, 0.5) is 14.6 Å². The zero-order valence-electron chi connectivity index (χ0n) is 14.3. The van der Waals surface area contributed by atoms with Crippen LogP contribution in [-0.2, 0) is 5.92 Å². The van der Waals surface area contributed by atoms with Crippen molar-refractivity contribution in [1.29, 1.82) is 0 Å². The van der Waals surface area contributed by atoms with E-state index in [2.05, 4.69) is 20.8 Å². The van der Waals surface area contributed by atoms with Gasteiger partial charge in [-0.3, -0.25) is 0 Å². The van der Waals surface area contributed by atoms with Gasteiger partial charge in [0.1, 0.15) is 11.6 Å². The molecule has 1 atom stereocenters. The smallest absolute Gasteiger partial charge is 0.270 e. The number of benzene rings is 1. The molecular weight excluding hydrogens is 326 g/mol. The molecule has 25 heavy (non-hydrogen) atoms. The van der Waals surface area contributed by atoms with Gasteiger partial charge in [-0.15, -0.1) is 10.2 Å². The molecule has 2 heterocycles. The molecule has 0 saturated carbocycles. The Morgan fingerprint density at radius 3 is 2.68 bits per heavy atom. The zero-order valence-corrected chi connectivity index (χ0v) is 14.3. The van der Waals surface area contributed by atoms with Crippen molar-refractivity contribution in [3.05, 3.63) is 35.4 Å². The summed E-state index contributed by atoms with van der Waals surface area (Å²) in [6.07, 6.45) is 2.19. The number of hydrogen-bond acceptors (Lipinski definition) is 5. The summed E-state index contributed by atoms with van der Waals surface area (Å²) in [6, 6.07) is 6.01. The number of phenols is 1. The highest BCUT2D eigenvalue weighted by atomic mass is 19.3. The summed E-state index contributed by atoms with van der Waals surface area (Å²) in [5.74, 6) is -2.56. The Labute approximate surface area is 145 Å². The van der Waals surface area contributed by atoms with E-state index in [9.17, 15) is 13.9 Å². The summed E-state index contributed by atoms with van der Waals surface area (Å²) >= 11 is 0. The Morgan fingerprint density at radius 2 is 2.08 bits per heavy atom. The number of nitrogens with one attached hydrogen (secondary N) is 2. The first-order valence-electron chi connectivity index (χ1n) is 8.38. The van der Waals surface area contributed by atoms with Crippen molar-refractivity contribution in [2.45, 2.75) is 38.7 Å². The number of phenolic OH excluding ortho intramolecular Hbond substituents is 1. The third-order valence-corrected chi connectivity index (χ3v) is 4.39. The molecule has 0 unspecified atom stereocenters. The van der Waals surface area contributed by atoms with Crippen LogP contribution in [0.5, 0.6) is 5.75 Å². The van der Waals surface area contributed by atoms with Crippen LogP contribution in [0.25, 0.3) is 11.3 Å². The van der Waals surface area contributed by atoms with Gasteiger partial charge in [-0.2, -0.15) is 0 Å². The minimum Gasteiger partial charge on any atom is -0.507 e. The second-order valence-electron chi connectivity index (χ2n) is 6.57. The van der Waals surface area contributed by atoms with E-state index in [1.807, 2.05) is 13.0 Å². The molecule has 3 rings (SSSR count). The van der Waals surface area contributed by atoms with Gasteiger partial charge < -0.3 is 15.7 Å². The van der Waals surface area contributed by atoms with Gasteiger partial charge in [0.15, 0.2) is 0 Å². The van der Waals surface area contributed by atoms with E-state index < -0.39 is 5.92 Å². The van der Waals surface area contributed by atoms with E-state index in [1.165, 1.54) is 12.1 Å². The maximum absolute atomic E-state index is 13.4. The van der Waals surface area contributed by atoms with Crippen LogP contribution < -0.4 is 10.6 Å². The minimum atomic E-state index is -3.00. The average Bonchev–Trinajstić information content (AvgIpc) is 2.56. The van der Waals surface area contributed by atoms with Crippen molar-refractivity contribution in [2.75, 3.05) is 18.4 Å². The lowest BCUT2D eigenvalue weighted by atomic mass is 10.0. The lowest BCUT2D eigenvalue weighted by molar-refractivity contribution is 0.0173. The quantitative estimate of drug-likeness (QED) is 0.790. The van der Waals surface area contributed by atoms with Crippen LogP contribution >= 0.6 is 0 Å². The number of aryl methyl sites for hydroxylation is 1. The molecule has 0 amide bonds. The van der Waals surface area contributed by atoms with Gasteiger partial charge in [-0.1, -0.05) is 6.07 Å². The van der Waals surface area contributed by atoms with Crippen molar-refractivity contribution >= 4 is 5.82 Å². The van der Waals surface area contributed by atoms with Gasteiger partial charge >= 0.3 is 0 Å². The normalized spacial score (nSPS) is 18.2. The van der Waals surface area contributed by atoms with Crippen molar-refractivity contribution < 1.29 is 13.9 Å². The number of aromatic hydroxyl groups is 1. The Morgan fingerprint density at radius 1 is 1.28 bits per heavy atom. The number of alkyl halides is 2. The number of rotatable bonds is 4. The topological polar surface area (TPSA) is 70.1 Å². The van der Waals surface area contributed by atoms with E-state index in [0.29, 0.717) is 23.1 Å². The van der Waals surface area contributed by atoms with Gasteiger partial charge in [0.25, 0.3) is 5.92 Å². The minimum absolute atomic E-state index is 0.228. The molecule has 0 spiro atoms. The summed E-state index contributed by atoms with van der Waals surface area (Å²) in [4.78, 5) is 0. The summed E-state index contributed by atoms with van der Waals surface area (Å²) in [5.41, 5.74) is 1.45. The summed E-state index contributed by atoms with van der Waals surface area (Å²) in [5, 5.41) is 25.2. The van der Waals surface area contributed by atoms with Gasteiger partial charge in [-0.05, 0) is 50.1 Å². The summed E-state index contributed by atoms with van der Waals surface area (Å²) in [6.45, 7) is 4.58. The second kappa shape index (κ2) is 6.92. The van der Waals surface area contributed by atoms with Gasteiger partial charge in [0, 0.05) is 30.6 Å². The highest BCUT2D eigenvalue weighted by molar-refractivity contribution is 5.70. The van der Waals surface area contributed by atoms with Crippen LogP contribution in [0.15, 0.2) is 24.3 Å². The maximum atomic E-state index is 13.4. The van der Waals surface area contributed by atoms with Crippen molar-refractivity contribution in [2.24, 2.45) is 0 Å². The summed E-state index contributed by atoms with van der Waals surface area (Å²) < 4.78 is 26.7. The first-order valence-corrected chi connectivity index (χ1v) is 8.38. The molecule has 5 nitrogen and oxygen atoms in total. The molecule has 1 fully saturated rings. The van der Waals surface area contributed by atoms with Crippen molar-refractivity contribution in [3.63, 3.8) is 0 Å². The number of nitrogens with zero attached hydrogens (tertiary/aromatic N) is 2. The van der Waals surface area contributed by atoms with E-state index in [0.717, 1.165) is 44.5 Å². The van der Waals surface area contributed by atoms with Crippen LogP contribution in [0.3, 0.4) is 0 Å². The number of aromatic nitrogens is 2. The van der Waals surface area contributed by atoms with Crippen molar-refractivity contribution in [3.8, 4) is 17.0 Å². The molecular formula is C18H22F2N4O. The Kier molecular flexibility index (Phi) is 4.85. The number of piperidine rings is 1. The van der Waals surface area contributed by atoms with Crippen LogP contribution in [0, 0.1) is 6.92 Å². The highest BCUT2D eigenvalue weighted by Gasteiger charge is 2.25. The fourth-order valence-corrected chi connectivity index (χ4v) is 3.01. The lowest BCUT2D eigenvalue weighted by Gasteiger charge is -2.24. The molecule has 1 aromatic carbocycles. The average molecular weight is 348 g/mol. The van der Waals surface area contributed by atoms with E-state index in [-0.39, 0.29) is 11.3 Å². The fraction of sp³-hybridized carbons (Fsp3) is 0.444. The standard InChI is InChI=1S/C18H22F2N4O/c1-11-8-16(22-13-4-3-7-21-10-13)23-24-17(11)14-6-5-12(9-15(14)25)18(2,19)20/h5-6,8-9,13,21,25H,3-4,7,10H2,1-2H3,(H,22,23)/t13-/m1/s1. The fourth-order valence-electron chi connectivity index (χ4n) is 3.01. The molecule has 3 N–H and O–H groups in total. The van der Waals surface area contributed by atoms with Gasteiger partial charge in [-0.25, -0.2) is 8.78 Å². The van der Waals surface area contributed by atoms with Crippen LogP contribution in [0.2, 0.25) is 0 Å². The number of halogens is 2. The molecule has 134 valence electrons. The second-order valence-corrected chi connectivity index (χ2v) is 6.57. The first kappa shape index (κ1) is 17.5. The Hall–Kier alpha value is -2.28. The number of anilines is 1. The third kappa shape index (κ3) is 4.04. The van der Waals surface area contributed by atoms with Crippen molar-refractivity contribution in [1.82, 2.24) is 15.5 Å². The molecule has 0 bridgehead atoms. The molecule has 7 heteroatoms. The lowest BCUT2D eigenvalue weighted by Crippen LogP contribution is -2.38. The molecule has 2 aromatic rings. The van der Waals surface area contributed by atoms with Gasteiger partial charge in [0.2, 0.25) is 0 Å². The Bertz CT molecular complexity index is 755. The highest BCUT2D eigenvalue weighted by Crippen LogP contribution is 2.35. The predicted molar refractivity (Wildman–Crippen MR) is 93.0 cm³/mol. The van der Waals surface area contributed by atoms with E-state index >= 15 is 0 Å². The van der Waals surface area contributed by atoms with E-state index in [1.54, 1.807) is 0 Å². The molecule has 1 saturated heterocycles. The SMILES string of the molecule is Cc1cc(N[C@@H]2CCCNC2)nnc1-c1ccc(C(C)(F)F)cc1O. The third-order valence-electron chi connectivity index (χ3n) is 4.39.